The quantitative estimate of drug-likeness (QED) is 0.340. The Labute approximate surface area is 108 Å². The first-order chi connectivity index (χ1) is 8.49. The third kappa shape index (κ3) is 3.33. The zero-order valence-corrected chi connectivity index (χ0v) is 10.4. The molecule has 0 bridgehead atoms. The fourth-order valence-corrected chi connectivity index (χ4v) is 1.52. The van der Waals surface area contributed by atoms with Gasteiger partial charge >= 0.3 is 0 Å². The number of nitrogens with one attached hydrogen (secondary N) is 1. The normalized spacial score (nSPS) is 13.2. The van der Waals surface area contributed by atoms with Gasteiger partial charge in [-0.2, -0.15) is 0 Å². The van der Waals surface area contributed by atoms with Crippen molar-refractivity contribution in [1.29, 1.82) is 0 Å². The summed E-state index contributed by atoms with van der Waals surface area (Å²) in [5.74, 6) is -2.07. The van der Waals surface area contributed by atoms with Gasteiger partial charge in [0.25, 0.3) is 0 Å². The van der Waals surface area contributed by atoms with E-state index in [1.807, 2.05) is 0 Å². The number of nitrogens with two attached hydrogens (primary N) is 1. The third-order valence-electron chi connectivity index (χ3n) is 2.38. The summed E-state index contributed by atoms with van der Waals surface area (Å²) in [4.78, 5) is 11.8. The number of oxime groups is 1. The molecule has 7 heteroatoms. The Balaban J connectivity index is 2.83. The van der Waals surface area contributed by atoms with E-state index >= 15 is 0 Å². The second-order valence-corrected chi connectivity index (χ2v) is 4.01. The van der Waals surface area contributed by atoms with Gasteiger partial charge in [-0.1, -0.05) is 23.7 Å². The molecule has 5 nitrogen and oxygen atoms in total. The largest absolute Gasteiger partial charge is 0.409 e. The van der Waals surface area contributed by atoms with Crippen LogP contribution in [-0.4, -0.2) is 17.0 Å². The zero-order valence-electron chi connectivity index (χ0n) is 9.65. The molecule has 18 heavy (non-hydrogen) atoms. The summed E-state index contributed by atoms with van der Waals surface area (Å²) >= 11 is 5.52. The highest BCUT2D eigenvalue weighted by Gasteiger charge is 2.21. The highest BCUT2D eigenvalue weighted by Crippen LogP contribution is 2.19. The molecule has 4 N–H and O–H groups in total. The number of nitrogens with zero attached hydrogens (tertiary/aromatic N) is 1. The lowest BCUT2D eigenvalue weighted by Crippen LogP contribution is -2.34. The Bertz CT molecular complexity index is 479. The van der Waals surface area contributed by atoms with E-state index in [2.05, 4.69) is 10.5 Å². The minimum absolute atomic E-state index is 0.0310. The Morgan fingerprint density at radius 1 is 1.67 bits per heavy atom. The van der Waals surface area contributed by atoms with Crippen molar-refractivity contribution in [2.75, 3.05) is 5.32 Å². The Hall–Kier alpha value is -1.82. The van der Waals surface area contributed by atoms with Crippen molar-refractivity contribution >= 4 is 29.0 Å². The molecule has 1 aromatic carbocycles. The molecule has 98 valence electrons. The van der Waals surface area contributed by atoms with Crippen LogP contribution < -0.4 is 11.1 Å². The summed E-state index contributed by atoms with van der Waals surface area (Å²) in [7, 11) is 0. The summed E-state index contributed by atoms with van der Waals surface area (Å²) < 4.78 is 13.2. The van der Waals surface area contributed by atoms with Gasteiger partial charge in [-0.3, -0.25) is 4.79 Å². The van der Waals surface area contributed by atoms with Crippen LogP contribution in [0.5, 0.6) is 0 Å². The molecular weight excluding hydrogens is 261 g/mol. The Kier molecular flexibility index (Phi) is 4.91. The molecule has 0 aliphatic carbocycles. The van der Waals surface area contributed by atoms with E-state index in [-0.39, 0.29) is 16.5 Å². The number of anilines is 1. The van der Waals surface area contributed by atoms with Crippen LogP contribution in [0.3, 0.4) is 0 Å². The number of rotatable bonds is 4. The van der Waals surface area contributed by atoms with Crippen LogP contribution >= 0.6 is 11.6 Å². The van der Waals surface area contributed by atoms with Crippen LogP contribution in [0.4, 0.5) is 10.1 Å². The third-order valence-corrected chi connectivity index (χ3v) is 2.69. The molecule has 0 fully saturated rings. The summed E-state index contributed by atoms with van der Waals surface area (Å²) in [6.45, 7) is 1.71. The average Bonchev–Trinajstić information content (AvgIpc) is 2.34. The van der Waals surface area contributed by atoms with Gasteiger partial charge in [-0.25, -0.2) is 4.39 Å². The van der Waals surface area contributed by atoms with Gasteiger partial charge in [0.05, 0.1) is 10.9 Å². The predicted molar refractivity (Wildman–Crippen MR) is 67.2 cm³/mol. The van der Waals surface area contributed by atoms with Gasteiger partial charge in [-0.15, -0.1) is 0 Å². The van der Waals surface area contributed by atoms with Gasteiger partial charge in [0, 0.05) is 5.69 Å². The molecule has 1 amide bonds. The molecule has 0 aliphatic rings. The van der Waals surface area contributed by atoms with Crippen molar-refractivity contribution in [2.24, 2.45) is 16.8 Å². The molecule has 1 atom stereocenters. The first-order valence-corrected chi connectivity index (χ1v) is 5.60. The Morgan fingerprint density at radius 2 is 2.33 bits per heavy atom. The van der Waals surface area contributed by atoms with Crippen molar-refractivity contribution in [2.45, 2.75) is 13.3 Å². The highest BCUT2D eigenvalue weighted by atomic mass is 35.5. The van der Waals surface area contributed by atoms with Crippen LogP contribution in [0.15, 0.2) is 23.4 Å². The van der Waals surface area contributed by atoms with E-state index in [9.17, 15) is 9.18 Å². The lowest BCUT2D eigenvalue weighted by atomic mass is 10.0. The molecule has 0 saturated heterocycles. The smallest absolute Gasteiger partial charge is 0.235 e. The first-order valence-electron chi connectivity index (χ1n) is 5.23. The fraction of sp³-hybridized carbons (Fsp3) is 0.273. The van der Waals surface area contributed by atoms with Crippen LogP contribution in [0.1, 0.15) is 13.3 Å². The molecule has 0 radical (unpaired) electrons. The maximum atomic E-state index is 13.2. The molecule has 1 unspecified atom stereocenters. The van der Waals surface area contributed by atoms with E-state index in [1.54, 1.807) is 6.92 Å². The maximum absolute atomic E-state index is 13.2. The van der Waals surface area contributed by atoms with Crippen molar-refractivity contribution in [3.63, 3.8) is 0 Å². The van der Waals surface area contributed by atoms with Crippen molar-refractivity contribution in [1.82, 2.24) is 0 Å². The van der Waals surface area contributed by atoms with Gasteiger partial charge in [0.15, 0.2) is 5.84 Å². The minimum atomic E-state index is -0.770. The average molecular weight is 274 g/mol. The van der Waals surface area contributed by atoms with Gasteiger partial charge in [0.1, 0.15) is 5.82 Å². The van der Waals surface area contributed by atoms with Gasteiger partial charge < -0.3 is 16.3 Å². The number of carbonyl (C=O) groups excluding carboxylic acids is 1. The number of amidine groups is 1. The molecule has 0 spiro atoms. The van der Waals surface area contributed by atoms with Gasteiger partial charge in [0.2, 0.25) is 5.91 Å². The highest BCUT2D eigenvalue weighted by molar-refractivity contribution is 6.30. The first kappa shape index (κ1) is 14.2. The molecule has 0 saturated carbocycles. The standard InChI is InChI=1S/C11H13ClFN3O2/c1-2-7(10(14)16-18)11(17)15-6-3-4-8(12)9(13)5-6/h3-5,7,18H,2H2,1H3,(H2,14,16)(H,15,17). The van der Waals surface area contributed by atoms with Crippen molar-refractivity contribution < 1.29 is 14.4 Å². The van der Waals surface area contributed by atoms with E-state index in [4.69, 9.17) is 22.5 Å². The molecule has 0 aromatic heterocycles. The number of carbonyl (C=O) groups is 1. The molecular formula is C11H13ClFN3O2. The molecule has 0 aliphatic heterocycles. The van der Waals surface area contributed by atoms with Crippen molar-refractivity contribution in [3.05, 3.63) is 29.0 Å². The monoisotopic (exact) mass is 273 g/mol. The molecule has 0 heterocycles. The zero-order chi connectivity index (χ0) is 13.7. The second kappa shape index (κ2) is 6.20. The maximum Gasteiger partial charge on any atom is 0.235 e. The number of hydrogen-bond donors (Lipinski definition) is 3. The van der Waals surface area contributed by atoms with E-state index in [0.29, 0.717) is 6.42 Å². The summed E-state index contributed by atoms with van der Waals surface area (Å²) in [6.07, 6.45) is 0.359. The van der Waals surface area contributed by atoms with Crippen molar-refractivity contribution in [3.8, 4) is 0 Å². The van der Waals surface area contributed by atoms with Crippen LogP contribution in [-0.2, 0) is 4.79 Å². The van der Waals surface area contributed by atoms with Crippen LogP contribution in [0.2, 0.25) is 5.02 Å². The minimum Gasteiger partial charge on any atom is -0.409 e. The van der Waals surface area contributed by atoms with E-state index in [1.165, 1.54) is 12.1 Å². The predicted octanol–water partition coefficient (Wildman–Crippen LogP) is 2.19. The van der Waals surface area contributed by atoms with E-state index < -0.39 is 17.6 Å². The number of hydrogen-bond acceptors (Lipinski definition) is 3. The SMILES string of the molecule is CCC(C(=O)Nc1ccc(Cl)c(F)c1)C(N)=NO. The summed E-state index contributed by atoms with van der Waals surface area (Å²) in [5.41, 5.74) is 5.64. The second-order valence-electron chi connectivity index (χ2n) is 3.60. The molecule has 1 aromatic rings. The van der Waals surface area contributed by atoms with Crippen LogP contribution in [0.25, 0.3) is 0 Å². The van der Waals surface area contributed by atoms with E-state index in [0.717, 1.165) is 6.07 Å². The Morgan fingerprint density at radius 3 is 2.83 bits per heavy atom. The topological polar surface area (TPSA) is 87.7 Å². The lowest BCUT2D eigenvalue weighted by Gasteiger charge is -2.13. The number of amides is 1. The van der Waals surface area contributed by atoms with Gasteiger partial charge in [-0.05, 0) is 24.6 Å². The lowest BCUT2D eigenvalue weighted by molar-refractivity contribution is -0.118. The fourth-order valence-electron chi connectivity index (χ4n) is 1.40. The number of benzene rings is 1. The summed E-state index contributed by atoms with van der Waals surface area (Å²) in [6, 6.07) is 3.89. The van der Waals surface area contributed by atoms with Crippen LogP contribution in [0, 0.1) is 11.7 Å². The molecule has 1 rings (SSSR count). The number of halogens is 2. The summed E-state index contributed by atoms with van der Waals surface area (Å²) in [5, 5.41) is 13.8.